The normalized spacial score (nSPS) is 13.5. The molecule has 1 heterocycles. The van der Waals surface area contributed by atoms with E-state index in [9.17, 15) is 48.6 Å². The van der Waals surface area contributed by atoms with Crippen LogP contribution in [-0.2, 0) is 46.7 Å². The largest absolute Gasteiger partial charge is 0.494 e. The molecule has 0 aliphatic heterocycles. The number of benzene rings is 1. The molecule has 1 aromatic heterocycles. The van der Waals surface area contributed by atoms with Crippen LogP contribution < -0.4 is 43.8 Å². The quantitative estimate of drug-likeness (QED) is 0.0433. The van der Waals surface area contributed by atoms with Crippen molar-refractivity contribution in [3.8, 4) is 11.8 Å². The Morgan fingerprint density at radius 2 is 1.44 bits per heavy atom. The van der Waals surface area contributed by atoms with Crippen LogP contribution in [-0.4, -0.2) is 117 Å². The average molecular weight is 947 g/mol. The molecule has 5 atom stereocenters. The molecule has 368 valence electrons. The Kier molecular flexibility index (Phi) is 23.3. The number of unbranched alkanes of at least 4 members (excludes halogenated alkanes) is 2. The number of carbonyl (C=O) groups excluding carboxylic acids is 8. The molecule has 2 rings (SSSR count). The summed E-state index contributed by atoms with van der Waals surface area (Å²) in [5.41, 5.74) is 17.0. The Balaban J connectivity index is 2.01. The van der Waals surface area contributed by atoms with Crippen LogP contribution in [0.5, 0.6) is 11.8 Å². The molecular formula is C44H70N10O11S. The van der Waals surface area contributed by atoms with Crippen LogP contribution in [0.1, 0.15) is 92.6 Å². The maximum Gasteiger partial charge on any atom is 0.410 e. The number of nitrogens with two attached hydrogens (primary N) is 3. The van der Waals surface area contributed by atoms with Gasteiger partial charge in [-0.1, -0.05) is 60.1 Å². The van der Waals surface area contributed by atoms with Gasteiger partial charge in [0.15, 0.2) is 11.7 Å². The zero-order chi connectivity index (χ0) is 49.8. The predicted octanol–water partition coefficient (Wildman–Crippen LogP) is 2.40. The van der Waals surface area contributed by atoms with Crippen molar-refractivity contribution in [3.05, 3.63) is 35.9 Å². The monoisotopic (exact) mass is 946 g/mol. The summed E-state index contributed by atoms with van der Waals surface area (Å²) in [5.74, 6) is -3.94. The smallest absolute Gasteiger partial charge is 0.410 e. The molecule has 0 aliphatic rings. The summed E-state index contributed by atoms with van der Waals surface area (Å²) in [5, 5.41) is 34.3. The van der Waals surface area contributed by atoms with Gasteiger partial charge in [0.25, 0.3) is 0 Å². The molecule has 22 heteroatoms. The summed E-state index contributed by atoms with van der Waals surface area (Å²) in [6.45, 7) is 12.3. The molecule has 2 aromatic rings. The van der Waals surface area contributed by atoms with E-state index in [1.807, 2.05) is 13.8 Å². The second kappa shape index (κ2) is 27.4. The molecule has 66 heavy (non-hydrogen) atoms. The van der Waals surface area contributed by atoms with Crippen molar-refractivity contribution >= 4 is 64.9 Å². The predicted molar refractivity (Wildman–Crippen MR) is 249 cm³/mol. The van der Waals surface area contributed by atoms with Crippen molar-refractivity contribution in [2.75, 3.05) is 24.7 Å². The van der Waals surface area contributed by atoms with Gasteiger partial charge in [-0.15, -0.1) is 11.8 Å². The highest BCUT2D eigenvalue weighted by atomic mass is 32.2. The minimum atomic E-state index is -1.08. The van der Waals surface area contributed by atoms with E-state index in [2.05, 4.69) is 26.6 Å². The Morgan fingerprint density at radius 3 is 2.00 bits per heavy atom. The Hall–Kier alpha value is -6.03. The number of aromatic hydroxyl groups is 2. The van der Waals surface area contributed by atoms with Gasteiger partial charge >= 0.3 is 12.1 Å². The molecule has 0 spiro atoms. The molecule has 5 unspecified atom stereocenters. The zero-order valence-electron chi connectivity index (χ0n) is 39.2. The number of carbonyl (C=O) groups is 8. The summed E-state index contributed by atoms with van der Waals surface area (Å²) in [4.78, 5) is 103. The van der Waals surface area contributed by atoms with Gasteiger partial charge in [0, 0.05) is 44.1 Å². The molecule has 13 N–H and O–H groups in total. The maximum atomic E-state index is 13.6. The lowest BCUT2D eigenvalue weighted by atomic mass is 9.97. The lowest BCUT2D eigenvalue weighted by molar-refractivity contribution is -0.132. The number of Topliss-reactive ketones (excluding diaryl/α,β-unsaturated/α-hetero) is 1. The molecular weight excluding hydrogens is 877 g/mol. The zero-order valence-corrected chi connectivity index (χ0v) is 40.0. The summed E-state index contributed by atoms with van der Waals surface area (Å²) in [6.07, 6.45) is 1.19. The van der Waals surface area contributed by atoms with Gasteiger partial charge in [-0.3, -0.25) is 38.2 Å². The highest BCUT2D eigenvalue weighted by Gasteiger charge is 2.34. The number of anilines is 1. The number of aromatic nitrogens is 1. The Labute approximate surface area is 390 Å². The highest BCUT2D eigenvalue weighted by molar-refractivity contribution is 7.99. The number of ether oxygens (including phenoxy) is 1. The first kappa shape index (κ1) is 56.1. The third-order valence-electron chi connectivity index (χ3n) is 10.5. The van der Waals surface area contributed by atoms with Gasteiger partial charge in [-0.05, 0) is 68.1 Å². The average Bonchev–Trinajstić information content (AvgIpc) is 3.51. The molecule has 0 bridgehead atoms. The summed E-state index contributed by atoms with van der Waals surface area (Å²) >= 11 is 1.08. The van der Waals surface area contributed by atoms with Gasteiger partial charge in [0.1, 0.15) is 24.7 Å². The van der Waals surface area contributed by atoms with Gasteiger partial charge in [-0.25, -0.2) is 9.59 Å². The van der Waals surface area contributed by atoms with Crippen molar-refractivity contribution < 1.29 is 53.3 Å². The number of hydrogen-bond acceptors (Lipinski definition) is 13. The first-order valence-corrected chi connectivity index (χ1v) is 23.0. The van der Waals surface area contributed by atoms with Crippen LogP contribution in [0.2, 0.25) is 0 Å². The number of thioether (sulfide) groups is 1. The van der Waals surface area contributed by atoms with E-state index in [4.69, 9.17) is 21.9 Å². The van der Waals surface area contributed by atoms with Crippen molar-refractivity contribution in [2.45, 2.75) is 135 Å². The number of nitrogens with one attached hydrogen (secondary N) is 5. The van der Waals surface area contributed by atoms with Gasteiger partial charge in [-0.2, -0.15) is 0 Å². The van der Waals surface area contributed by atoms with Crippen molar-refractivity contribution in [1.82, 2.24) is 30.7 Å². The van der Waals surface area contributed by atoms with E-state index in [1.54, 1.807) is 52.0 Å². The first-order chi connectivity index (χ1) is 30.9. The van der Waals surface area contributed by atoms with E-state index >= 15 is 0 Å². The van der Waals surface area contributed by atoms with E-state index in [-0.39, 0.29) is 80.0 Å². The number of urea groups is 1. The van der Waals surface area contributed by atoms with Crippen LogP contribution in [0, 0.1) is 17.8 Å². The molecule has 21 nitrogen and oxygen atoms in total. The van der Waals surface area contributed by atoms with Crippen LogP contribution >= 0.6 is 11.8 Å². The van der Waals surface area contributed by atoms with Crippen molar-refractivity contribution in [1.29, 1.82) is 0 Å². The minimum Gasteiger partial charge on any atom is -0.494 e. The number of amides is 8. The lowest BCUT2D eigenvalue weighted by Gasteiger charge is -2.31. The standard InChI is InChI=1S/C44H70N10O11S/c1-24(2)35(27(7)55)52-41(61)37(26(5)6)53(8)44(64)65-22-28-15-17-29(18-16-28)49-39(59)31(13-12-19-48-43(47)63)50-40(60)36(25(3)4)51-33(56)14-10-9-11-20-54-34(57)21-32(42(54)62)66-23-30(45)38(46)58/h15-18,21,24-26,30-31,35-37,57,62H,9-14,19-20,22-23,45H2,1-8H3,(H2,46,58)(H,49,59)(H,50,60)(H,51,56)(H,52,61)(H3,47,48,63). The summed E-state index contributed by atoms with van der Waals surface area (Å²) in [7, 11) is 1.45. The number of ketones is 1. The Bertz CT molecular complexity index is 1980. The fraction of sp³-hybridized carbons (Fsp3) is 0.591. The Morgan fingerprint density at radius 1 is 0.803 bits per heavy atom. The third-order valence-corrected chi connectivity index (χ3v) is 11.7. The van der Waals surface area contributed by atoms with E-state index in [1.165, 1.54) is 29.5 Å². The molecule has 8 amide bonds. The number of hydrogen-bond donors (Lipinski definition) is 10. The van der Waals surface area contributed by atoms with E-state index < -0.39 is 71.9 Å². The number of likely N-dealkylation sites (N-methyl/N-ethyl adjacent to an activating group) is 1. The topological polar surface area (TPSA) is 333 Å². The van der Waals surface area contributed by atoms with Crippen molar-refractivity contribution in [2.24, 2.45) is 35.0 Å². The number of rotatable bonds is 28. The van der Waals surface area contributed by atoms with Gasteiger partial charge < -0.3 is 58.7 Å². The van der Waals surface area contributed by atoms with Crippen LogP contribution in [0.3, 0.4) is 0 Å². The summed E-state index contributed by atoms with van der Waals surface area (Å²) in [6, 6.07) is 2.43. The third kappa shape index (κ3) is 18.5. The fourth-order valence-corrected chi connectivity index (χ4v) is 7.78. The molecule has 0 saturated heterocycles. The fourth-order valence-electron chi connectivity index (χ4n) is 6.83. The van der Waals surface area contributed by atoms with Crippen LogP contribution in [0.25, 0.3) is 0 Å². The van der Waals surface area contributed by atoms with Gasteiger partial charge in [0.2, 0.25) is 35.4 Å². The van der Waals surface area contributed by atoms with Crippen LogP contribution in [0.4, 0.5) is 15.3 Å². The van der Waals surface area contributed by atoms with Crippen LogP contribution in [0.15, 0.2) is 35.2 Å². The molecule has 0 radical (unpaired) electrons. The SMILES string of the molecule is CC(=O)C(NC(=O)C(C(C)C)N(C)C(=O)OCc1ccc(NC(=O)C(CCCNC(N)=O)NC(=O)C(NC(=O)CCCCCn2c(O)cc(SCC(N)C(N)=O)c2O)C(C)C)cc1)C(C)C. The molecule has 0 fully saturated rings. The number of nitrogens with zero attached hydrogens (tertiary/aromatic N) is 2. The molecule has 1 aromatic carbocycles. The lowest BCUT2D eigenvalue weighted by Crippen LogP contribution is -2.55. The van der Waals surface area contributed by atoms with E-state index in [0.29, 0.717) is 35.4 Å². The highest BCUT2D eigenvalue weighted by Crippen LogP contribution is 2.36. The summed E-state index contributed by atoms with van der Waals surface area (Å²) < 4.78 is 6.80. The second-order valence-corrected chi connectivity index (χ2v) is 18.2. The van der Waals surface area contributed by atoms with E-state index in [0.717, 1.165) is 11.8 Å². The molecule has 0 saturated carbocycles. The van der Waals surface area contributed by atoms with Crippen molar-refractivity contribution in [3.63, 3.8) is 0 Å². The minimum absolute atomic E-state index is 0.0809. The second-order valence-electron chi connectivity index (χ2n) is 17.1. The number of primary amides is 2. The molecule has 0 aliphatic carbocycles. The maximum absolute atomic E-state index is 13.6. The first-order valence-electron chi connectivity index (χ1n) is 22.0. The van der Waals surface area contributed by atoms with Gasteiger partial charge in [0.05, 0.1) is 17.0 Å².